The Bertz CT molecular complexity index is 552. The van der Waals surface area contributed by atoms with Gasteiger partial charge in [-0.05, 0) is 27.2 Å². The Labute approximate surface area is 193 Å². The molecule has 0 aliphatic carbocycles. The molecule has 0 bridgehead atoms. The van der Waals surface area contributed by atoms with Crippen molar-refractivity contribution in [3.05, 3.63) is 0 Å². The Morgan fingerprint density at radius 2 is 0.758 bits per heavy atom. The maximum Gasteiger partial charge on any atom is 0.316 e. The van der Waals surface area contributed by atoms with Gasteiger partial charge in [0, 0.05) is 0 Å². The third kappa shape index (κ3) is 7.87. The summed E-state index contributed by atoms with van der Waals surface area (Å²) in [4.78, 5) is 37.1. The number of carbonyl (C=O) groups excluding carboxylic acids is 3. The molecule has 12 nitrogen and oxygen atoms in total. The molecule has 0 spiro atoms. The SMILES string of the molecule is CCC(COC(=O)C(C)(CO)CO)(COC(=O)C(C)(CO)CO)COC(=O)C(C)(CO)CO. The highest BCUT2D eigenvalue weighted by Crippen LogP contribution is 2.29. The van der Waals surface area contributed by atoms with Crippen molar-refractivity contribution in [2.75, 3.05) is 59.5 Å². The monoisotopic (exact) mass is 482 g/mol. The third-order valence-electron chi connectivity index (χ3n) is 5.85. The quantitative estimate of drug-likeness (QED) is 0.104. The Morgan fingerprint density at radius 1 is 0.545 bits per heavy atom. The molecule has 0 aromatic carbocycles. The fourth-order valence-corrected chi connectivity index (χ4v) is 2.15. The van der Waals surface area contributed by atoms with E-state index < -0.39 is 99.0 Å². The van der Waals surface area contributed by atoms with E-state index in [1.165, 1.54) is 20.8 Å². The van der Waals surface area contributed by atoms with E-state index in [-0.39, 0.29) is 6.42 Å². The van der Waals surface area contributed by atoms with E-state index in [1.807, 2.05) is 0 Å². The fraction of sp³-hybridized carbons (Fsp3) is 0.857. The van der Waals surface area contributed by atoms with Crippen molar-refractivity contribution in [3.8, 4) is 0 Å². The zero-order chi connectivity index (χ0) is 25.9. The van der Waals surface area contributed by atoms with Crippen LogP contribution in [-0.4, -0.2) is 108 Å². The molecule has 194 valence electrons. The Hall–Kier alpha value is -1.83. The summed E-state index contributed by atoms with van der Waals surface area (Å²) >= 11 is 0. The molecule has 0 amide bonds. The summed E-state index contributed by atoms with van der Waals surface area (Å²) in [6, 6.07) is 0. The van der Waals surface area contributed by atoms with Gasteiger partial charge in [0.2, 0.25) is 0 Å². The summed E-state index contributed by atoms with van der Waals surface area (Å²) in [5.74, 6) is -2.81. The lowest BCUT2D eigenvalue weighted by atomic mass is 9.86. The molecule has 0 aromatic rings. The van der Waals surface area contributed by atoms with E-state index in [9.17, 15) is 45.0 Å². The van der Waals surface area contributed by atoms with E-state index >= 15 is 0 Å². The second kappa shape index (κ2) is 13.2. The van der Waals surface area contributed by atoms with Crippen LogP contribution in [0.2, 0.25) is 0 Å². The normalized spacial score (nSPS) is 12.9. The highest BCUT2D eigenvalue weighted by atomic mass is 16.6. The molecule has 0 unspecified atom stereocenters. The maximum absolute atomic E-state index is 12.4. The van der Waals surface area contributed by atoms with Crippen molar-refractivity contribution in [3.63, 3.8) is 0 Å². The maximum atomic E-state index is 12.4. The minimum Gasteiger partial charge on any atom is -0.464 e. The van der Waals surface area contributed by atoms with Crippen molar-refractivity contribution < 1.29 is 59.2 Å². The predicted octanol–water partition coefficient (Wildman–Crippen LogP) is -2.01. The van der Waals surface area contributed by atoms with Gasteiger partial charge >= 0.3 is 17.9 Å². The minimum atomic E-state index is -1.59. The van der Waals surface area contributed by atoms with Gasteiger partial charge in [0.05, 0.1) is 45.1 Å². The number of aliphatic hydroxyl groups is 6. The van der Waals surface area contributed by atoms with Gasteiger partial charge < -0.3 is 44.8 Å². The Balaban J connectivity index is 5.72. The number of hydrogen-bond acceptors (Lipinski definition) is 12. The number of aliphatic hydroxyl groups excluding tert-OH is 6. The smallest absolute Gasteiger partial charge is 0.316 e. The summed E-state index contributed by atoms with van der Waals surface area (Å²) < 4.78 is 15.7. The van der Waals surface area contributed by atoms with Crippen LogP contribution in [0.4, 0.5) is 0 Å². The number of ether oxygens (including phenoxy) is 3. The first-order valence-electron chi connectivity index (χ1n) is 10.5. The molecule has 6 N–H and O–H groups in total. The molecule has 0 aromatic heterocycles. The molecule has 33 heavy (non-hydrogen) atoms. The second-order valence-corrected chi connectivity index (χ2v) is 9.21. The number of esters is 3. The summed E-state index contributed by atoms with van der Waals surface area (Å²) in [5, 5.41) is 56.3. The molecule has 0 aliphatic rings. The molecule has 0 saturated carbocycles. The van der Waals surface area contributed by atoms with Crippen molar-refractivity contribution in [1.29, 1.82) is 0 Å². The van der Waals surface area contributed by atoms with Crippen LogP contribution in [0.15, 0.2) is 0 Å². The number of hydrogen-bond donors (Lipinski definition) is 6. The first kappa shape index (κ1) is 31.2. The Kier molecular flexibility index (Phi) is 12.4. The lowest BCUT2D eigenvalue weighted by molar-refractivity contribution is -0.179. The van der Waals surface area contributed by atoms with Crippen LogP contribution < -0.4 is 0 Å². The van der Waals surface area contributed by atoms with E-state index in [2.05, 4.69) is 0 Å². The molecule has 0 radical (unpaired) electrons. The molecular formula is C21H38O12. The number of rotatable bonds is 16. The van der Waals surface area contributed by atoms with Crippen LogP contribution >= 0.6 is 0 Å². The van der Waals surface area contributed by atoms with Crippen LogP contribution in [0.3, 0.4) is 0 Å². The largest absolute Gasteiger partial charge is 0.464 e. The van der Waals surface area contributed by atoms with E-state index in [0.717, 1.165) is 0 Å². The van der Waals surface area contributed by atoms with Crippen molar-refractivity contribution in [2.24, 2.45) is 21.7 Å². The van der Waals surface area contributed by atoms with Crippen LogP contribution in [-0.2, 0) is 28.6 Å². The molecular weight excluding hydrogens is 444 g/mol. The summed E-state index contributed by atoms with van der Waals surface area (Å²) in [6.45, 7) is 0.00800. The first-order valence-corrected chi connectivity index (χ1v) is 10.5. The lowest BCUT2D eigenvalue weighted by Gasteiger charge is -2.35. The molecule has 0 atom stereocenters. The van der Waals surface area contributed by atoms with Gasteiger partial charge in [-0.2, -0.15) is 0 Å². The van der Waals surface area contributed by atoms with Gasteiger partial charge in [-0.25, -0.2) is 0 Å². The van der Waals surface area contributed by atoms with Gasteiger partial charge in [0.15, 0.2) is 0 Å². The highest BCUT2D eigenvalue weighted by molar-refractivity contribution is 5.78. The lowest BCUT2D eigenvalue weighted by Crippen LogP contribution is -2.46. The summed E-state index contributed by atoms with van der Waals surface area (Å²) in [6.07, 6.45) is 0.153. The van der Waals surface area contributed by atoms with Gasteiger partial charge in [-0.3, -0.25) is 14.4 Å². The molecule has 0 aliphatic heterocycles. The zero-order valence-corrected chi connectivity index (χ0v) is 19.7. The molecule has 0 heterocycles. The van der Waals surface area contributed by atoms with Crippen LogP contribution in [0.25, 0.3) is 0 Å². The molecule has 12 heteroatoms. The van der Waals surface area contributed by atoms with Gasteiger partial charge in [0.1, 0.15) is 36.1 Å². The second-order valence-electron chi connectivity index (χ2n) is 9.21. The van der Waals surface area contributed by atoms with E-state index in [0.29, 0.717) is 0 Å². The summed E-state index contributed by atoms with van der Waals surface area (Å²) in [5.41, 5.74) is -6.06. The van der Waals surface area contributed by atoms with Crippen LogP contribution in [0.1, 0.15) is 34.1 Å². The van der Waals surface area contributed by atoms with Crippen molar-refractivity contribution in [2.45, 2.75) is 34.1 Å². The van der Waals surface area contributed by atoms with Gasteiger partial charge in [-0.15, -0.1) is 0 Å². The van der Waals surface area contributed by atoms with Crippen molar-refractivity contribution >= 4 is 17.9 Å². The van der Waals surface area contributed by atoms with Gasteiger partial charge in [-0.1, -0.05) is 6.92 Å². The molecule has 0 fully saturated rings. The molecule has 0 saturated heterocycles. The average molecular weight is 483 g/mol. The zero-order valence-electron chi connectivity index (χ0n) is 19.7. The Morgan fingerprint density at radius 3 is 0.909 bits per heavy atom. The van der Waals surface area contributed by atoms with Crippen LogP contribution in [0.5, 0.6) is 0 Å². The van der Waals surface area contributed by atoms with E-state index in [1.54, 1.807) is 6.92 Å². The first-order chi connectivity index (χ1) is 15.3. The molecule has 0 rings (SSSR count). The van der Waals surface area contributed by atoms with Crippen LogP contribution in [0, 0.1) is 21.7 Å². The topological polar surface area (TPSA) is 200 Å². The standard InChI is InChI=1S/C21H38O12/c1-5-21(12-31-15(28)18(2,6-22)7-23,13-32-16(29)19(3,8-24)9-25)14-33-17(30)20(4,10-26)11-27/h22-27H,5-14H2,1-4H3. The van der Waals surface area contributed by atoms with E-state index in [4.69, 9.17) is 14.2 Å². The minimum absolute atomic E-state index is 0.153. The van der Waals surface area contributed by atoms with Gasteiger partial charge in [0.25, 0.3) is 0 Å². The average Bonchev–Trinajstić information content (AvgIpc) is 2.86. The number of carbonyl (C=O) groups is 3. The fourth-order valence-electron chi connectivity index (χ4n) is 2.15. The summed E-state index contributed by atoms with van der Waals surface area (Å²) in [7, 11) is 0. The van der Waals surface area contributed by atoms with Crippen molar-refractivity contribution in [1.82, 2.24) is 0 Å². The predicted molar refractivity (Wildman–Crippen MR) is 112 cm³/mol. The third-order valence-corrected chi connectivity index (χ3v) is 5.85. The highest BCUT2D eigenvalue weighted by Gasteiger charge is 2.42.